The maximum Gasteiger partial charge on any atom is 0.407 e. The number of alkyl carbamates (subject to hydrolysis) is 1. The Morgan fingerprint density at radius 1 is 0.971 bits per heavy atom. The minimum absolute atomic E-state index is 0.00372. The van der Waals surface area contributed by atoms with E-state index in [1.165, 1.54) is 29.6 Å². The van der Waals surface area contributed by atoms with E-state index in [2.05, 4.69) is 39.9 Å². The second kappa shape index (κ2) is 9.58. The van der Waals surface area contributed by atoms with Gasteiger partial charge in [0.05, 0.1) is 17.4 Å². The van der Waals surface area contributed by atoms with Gasteiger partial charge in [-0.15, -0.1) is 0 Å². The van der Waals surface area contributed by atoms with Gasteiger partial charge in [0.25, 0.3) is 0 Å². The largest absolute Gasteiger partial charge is 0.478 e. The van der Waals surface area contributed by atoms with Crippen LogP contribution in [0.15, 0.2) is 67.0 Å². The molecule has 3 aromatic rings. The van der Waals surface area contributed by atoms with Crippen molar-refractivity contribution in [3.05, 3.63) is 83.7 Å². The van der Waals surface area contributed by atoms with E-state index in [-0.39, 0.29) is 36.0 Å². The number of rotatable bonds is 6. The van der Waals surface area contributed by atoms with Crippen LogP contribution in [0.25, 0.3) is 11.1 Å². The summed E-state index contributed by atoms with van der Waals surface area (Å²) in [4.78, 5) is 40.1. The Kier molecular flexibility index (Phi) is 6.18. The fraction of sp³-hybridized carbons (Fsp3) is 0.259. The summed E-state index contributed by atoms with van der Waals surface area (Å²) in [6.07, 6.45) is 3.91. The molecule has 0 bridgehead atoms. The molecule has 0 spiro atoms. The van der Waals surface area contributed by atoms with E-state index >= 15 is 0 Å². The van der Waals surface area contributed by atoms with Crippen molar-refractivity contribution in [2.75, 3.05) is 11.9 Å². The number of nitrogens with one attached hydrogen (secondary N) is 2. The Morgan fingerprint density at radius 2 is 1.66 bits per heavy atom. The molecule has 0 aliphatic heterocycles. The third-order valence-electron chi connectivity index (χ3n) is 6.72. The molecule has 0 radical (unpaired) electrons. The second-order valence-electron chi connectivity index (χ2n) is 8.93. The van der Waals surface area contributed by atoms with Crippen molar-refractivity contribution < 1.29 is 24.2 Å². The molecule has 3 N–H and O–H groups in total. The minimum Gasteiger partial charge on any atom is -0.478 e. The van der Waals surface area contributed by atoms with E-state index in [4.69, 9.17) is 9.84 Å². The van der Waals surface area contributed by atoms with E-state index in [1.54, 1.807) is 0 Å². The first kappa shape index (κ1) is 22.6. The molecular formula is C27H25N3O5. The zero-order valence-corrected chi connectivity index (χ0v) is 18.9. The first-order valence-corrected chi connectivity index (χ1v) is 11.6. The van der Waals surface area contributed by atoms with Crippen LogP contribution in [0.5, 0.6) is 0 Å². The molecule has 0 unspecified atom stereocenters. The summed E-state index contributed by atoms with van der Waals surface area (Å²) in [5, 5.41) is 14.7. The highest BCUT2D eigenvalue weighted by atomic mass is 16.5. The van der Waals surface area contributed by atoms with Crippen LogP contribution in [0.4, 0.5) is 10.5 Å². The summed E-state index contributed by atoms with van der Waals surface area (Å²) in [6, 6.07) is 17.5. The maximum absolute atomic E-state index is 12.6. The van der Waals surface area contributed by atoms with E-state index in [0.717, 1.165) is 11.1 Å². The van der Waals surface area contributed by atoms with Gasteiger partial charge >= 0.3 is 12.1 Å². The third-order valence-corrected chi connectivity index (χ3v) is 6.72. The summed E-state index contributed by atoms with van der Waals surface area (Å²) < 4.78 is 5.61. The van der Waals surface area contributed by atoms with Crippen LogP contribution >= 0.6 is 0 Å². The molecule has 1 saturated carbocycles. The Balaban J connectivity index is 1.14. The highest BCUT2D eigenvalue weighted by molar-refractivity contribution is 5.94. The lowest BCUT2D eigenvalue weighted by Crippen LogP contribution is -2.35. The lowest BCUT2D eigenvalue weighted by atomic mass is 9.98. The topological polar surface area (TPSA) is 118 Å². The SMILES string of the molecule is O=C(N[C@H]1CC[C@@H](C(=O)Nc2cncc(C(=O)O)c2)C1)OCC1c2ccccc2-c2ccccc21. The van der Waals surface area contributed by atoms with Crippen molar-refractivity contribution in [2.24, 2.45) is 5.92 Å². The van der Waals surface area contributed by atoms with Crippen molar-refractivity contribution in [3.8, 4) is 11.1 Å². The number of hydrogen-bond donors (Lipinski definition) is 3. The molecule has 35 heavy (non-hydrogen) atoms. The van der Waals surface area contributed by atoms with Crippen molar-refractivity contribution >= 4 is 23.7 Å². The Hall–Kier alpha value is -4.20. The fourth-order valence-corrected chi connectivity index (χ4v) is 5.03. The zero-order chi connectivity index (χ0) is 24.4. The number of amides is 2. The first-order chi connectivity index (χ1) is 17.0. The van der Waals surface area contributed by atoms with Crippen LogP contribution in [0.1, 0.15) is 46.7 Å². The summed E-state index contributed by atoms with van der Waals surface area (Å²) >= 11 is 0. The Morgan fingerprint density at radius 3 is 2.34 bits per heavy atom. The second-order valence-corrected chi connectivity index (χ2v) is 8.93. The molecule has 2 amide bonds. The van der Waals surface area contributed by atoms with Crippen molar-refractivity contribution in [2.45, 2.75) is 31.2 Å². The van der Waals surface area contributed by atoms with E-state index < -0.39 is 12.1 Å². The number of aromatic nitrogens is 1. The quantitative estimate of drug-likeness (QED) is 0.490. The number of hydrogen-bond acceptors (Lipinski definition) is 5. The molecule has 2 aliphatic carbocycles. The number of carboxylic acids is 1. The molecule has 2 aromatic carbocycles. The molecule has 5 rings (SSSR count). The van der Waals surface area contributed by atoms with Gasteiger partial charge in [0.1, 0.15) is 6.61 Å². The summed E-state index contributed by atoms with van der Waals surface area (Å²) in [5.41, 5.74) is 4.99. The third kappa shape index (κ3) is 4.73. The number of carboxylic acid groups (broad SMARTS) is 1. The van der Waals surface area contributed by atoms with Gasteiger partial charge in [0.15, 0.2) is 0 Å². The lowest BCUT2D eigenvalue weighted by Gasteiger charge is -2.17. The van der Waals surface area contributed by atoms with Crippen LogP contribution in [0.2, 0.25) is 0 Å². The standard InChI is InChI=1S/C27H25N3O5/c31-25(29-19-12-17(26(32)33)13-28-14-19)16-9-10-18(11-16)30-27(34)35-15-24-22-7-3-1-5-20(22)21-6-2-4-8-23(21)24/h1-8,12-14,16,18,24H,9-11,15H2,(H,29,31)(H,30,34)(H,32,33)/t16-,18+/m1/s1. The number of benzene rings is 2. The predicted octanol–water partition coefficient (Wildman–Crippen LogP) is 4.43. The fourth-order valence-electron chi connectivity index (χ4n) is 5.03. The molecular weight excluding hydrogens is 446 g/mol. The number of carbonyl (C=O) groups excluding carboxylic acids is 2. The normalized spacial score (nSPS) is 18.4. The van der Waals surface area contributed by atoms with Gasteiger partial charge in [-0.3, -0.25) is 9.78 Å². The van der Waals surface area contributed by atoms with Crippen molar-refractivity contribution in [1.82, 2.24) is 10.3 Å². The van der Waals surface area contributed by atoms with Crippen LogP contribution in [-0.4, -0.2) is 40.7 Å². The number of pyridine rings is 1. The van der Waals surface area contributed by atoms with Gasteiger partial charge < -0.3 is 20.5 Å². The lowest BCUT2D eigenvalue weighted by molar-refractivity contribution is -0.119. The number of nitrogens with zero attached hydrogens (tertiary/aromatic N) is 1. The van der Waals surface area contributed by atoms with Crippen molar-refractivity contribution in [1.29, 1.82) is 0 Å². The summed E-state index contributed by atoms with van der Waals surface area (Å²) in [7, 11) is 0. The van der Waals surface area contributed by atoms with Gasteiger partial charge in [-0.25, -0.2) is 9.59 Å². The monoisotopic (exact) mass is 471 g/mol. The van der Waals surface area contributed by atoms with E-state index in [1.807, 2.05) is 24.3 Å². The number of fused-ring (bicyclic) bond motifs is 3. The molecule has 178 valence electrons. The van der Waals surface area contributed by atoms with Gasteiger partial charge in [-0.05, 0) is 47.6 Å². The average Bonchev–Trinajstić information content (AvgIpc) is 3.46. The molecule has 2 aliphatic rings. The van der Waals surface area contributed by atoms with E-state index in [9.17, 15) is 14.4 Å². The summed E-state index contributed by atoms with van der Waals surface area (Å²) in [5.74, 6) is -1.62. The Labute approximate surface area is 202 Å². The molecule has 1 fully saturated rings. The first-order valence-electron chi connectivity index (χ1n) is 11.6. The highest BCUT2D eigenvalue weighted by Crippen LogP contribution is 2.44. The van der Waals surface area contributed by atoms with E-state index in [0.29, 0.717) is 24.9 Å². The van der Waals surface area contributed by atoms with Gasteiger partial charge in [-0.2, -0.15) is 0 Å². The number of anilines is 1. The number of aromatic carboxylic acids is 1. The maximum atomic E-state index is 12.6. The van der Waals surface area contributed by atoms with Gasteiger partial charge in [0, 0.05) is 24.1 Å². The molecule has 1 aromatic heterocycles. The highest BCUT2D eigenvalue weighted by Gasteiger charge is 2.32. The van der Waals surface area contributed by atoms with Gasteiger partial charge in [-0.1, -0.05) is 48.5 Å². The Bertz CT molecular complexity index is 1250. The number of ether oxygens (including phenoxy) is 1. The van der Waals surface area contributed by atoms with Gasteiger partial charge in [0.2, 0.25) is 5.91 Å². The predicted molar refractivity (Wildman–Crippen MR) is 129 cm³/mol. The molecule has 8 heteroatoms. The zero-order valence-electron chi connectivity index (χ0n) is 18.9. The minimum atomic E-state index is -1.11. The number of carbonyl (C=O) groups is 3. The average molecular weight is 472 g/mol. The molecule has 8 nitrogen and oxygen atoms in total. The van der Waals surface area contributed by atoms with Crippen LogP contribution < -0.4 is 10.6 Å². The van der Waals surface area contributed by atoms with Crippen LogP contribution in [0.3, 0.4) is 0 Å². The molecule has 0 saturated heterocycles. The molecule has 2 atom stereocenters. The molecule has 1 heterocycles. The van der Waals surface area contributed by atoms with Crippen LogP contribution in [0, 0.1) is 5.92 Å². The van der Waals surface area contributed by atoms with Crippen LogP contribution in [-0.2, 0) is 9.53 Å². The van der Waals surface area contributed by atoms with Crippen molar-refractivity contribution in [3.63, 3.8) is 0 Å². The summed E-state index contributed by atoms with van der Waals surface area (Å²) in [6.45, 7) is 0.239. The smallest absolute Gasteiger partial charge is 0.407 e.